The lowest BCUT2D eigenvalue weighted by Crippen LogP contribution is -2.20. The second-order valence-corrected chi connectivity index (χ2v) is 6.54. The fraction of sp³-hybridized carbons (Fsp3) is 0.273. The second-order valence-electron chi connectivity index (χ2n) is 6.54. The molecule has 7 heteroatoms. The van der Waals surface area contributed by atoms with E-state index < -0.39 is 30.2 Å². The van der Waals surface area contributed by atoms with Crippen molar-refractivity contribution in [2.24, 2.45) is 0 Å². The first-order valence-electron chi connectivity index (χ1n) is 9.11. The predicted molar refractivity (Wildman–Crippen MR) is 105 cm³/mol. The van der Waals surface area contributed by atoms with Crippen molar-refractivity contribution in [3.8, 4) is 0 Å². The lowest BCUT2D eigenvalue weighted by molar-refractivity contribution is -0.142. The average molecular weight is 405 g/mol. The summed E-state index contributed by atoms with van der Waals surface area (Å²) in [6.07, 6.45) is -1.28. The number of hydrogen-bond acceptors (Lipinski definition) is 3. The van der Waals surface area contributed by atoms with Crippen LogP contribution < -0.4 is 5.32 Å². The molecule has 0 aliphatic heterocycles. The number of nitrogens with one attached hydrogen (secondary N) is 1. The molecular weight excluding hydrogens is 383 g/mol. The van der Waals surface area contributed by atoms with Gasteiger partial charge in [-0.25, -0.2) is 4.79 Å². The highest BCUT2D eigenvalue weighted by Crippen LogP contribution is 2.29. The van der Waals surface area contributed by atoms with Crippen LogP contribution in [-0.4, -0.2) is 18.5 Å². The SMILES string of the molecule is CC[C@H](C)c1ccc(NC(=O)COC(=O)/C=C/c2cccc(C(F)(F)F)c2)cc1. The Kier molecular flexibility index (Phi) is 7.59. The van der Waals surface area contributed by atoms with Gasteiger partial charge in [-0.2, -0.15) is 13.2 Å². The summed E-state index contributed by atoms with van der Waals surface area (Å²) in [6.45, 7) is 3.70. The van der Waals surface area contributed by atoms with Crippen LogP contribution in [0.25, 0.3) is 6.08 Å². The maximum absolute atomic E-state index is 12.7. The number of carbonyl (C=O) groups is 2. The van der Waals surface area contributed by atoms with Crippen LogP contribution >= 0.6 is 0 Å². The first kappa shape index (κ1) is 22.2. The molecule has 0 fully saturated rings. The molecule has 0 aromatic heterocycles. The van der Waals surface area contributed by atoms with E-state index in [1.165, 1.54) is 18.2 Å². The van der Waals surface area contributed by atoms with Crippen LogP contribution in [-0.2, 0) is 20.5 Å². The van der Waals surface area contributed by atoms with Crippen LogP contribution in [0.2, 0.25) is 0 Å². The van der Waals surface area contributed by atoms with E-state index in [1.54, 1.807) is 12.1 Å². The molecule has 154 valence electrons. The fourth-order valence-corrected chi connectivity index (χ4v) is 2.50. The average Bonchev–Trinajstić information content (AvgIpc) is 2.70. The highest BCUT2D eigenvalue weighted by Gasteiger charge is 2.30. The molecule has 0 bridgehead atoms. The molecule has 0 aliphatic carbocycles. The van der Waals surface area contributed by atoms with Crippen molar-refractivity contribution in [2.45, 2.75) is 32.4 Å². The Hall–Kier alpha value is -3.09. The monoisotopic (exact) mass is 405 g/mol. The van der Waals surface area contributed by atoms with E-state index in [2.05, 4.69) is 19.2 Å². The third-order valence-corrected chi connectivity index (χ3v) is 4.35. The summed E-state index contributed by atoms with van der Waals surface area (Å²) in [4.78, 5) is 23.6. The van der Waals surface area contributed by atoms with Crippen LogP contribution in [0.15, 0.2) is 54.6 Å². The van der Waals surface area contributed by atoms with Crippen LogP contribution in [0, 0.1) is 0 Å². The zero-order chi connectivity index (χ0) is 21.4. The van der Waals surface area contributed by atoms with Gasteiger partial charge in [-0.3, -0.25) is 4.79 Å². The predicted octanol–water partition coefficient (Wildman–Crippen LogP) is 5.41. The number of alkyl halides is 3. The Morgan fingerprint density at radius 2 is 1.83 bits per heavy atom. The quantitative estimate of drug-likeness (QED) is 0.495. The van der Waals surface area contributed by atoms with Gasteiger partial charge in [0.15, 0.2) is 6.61 Å². The number of rotatable bonds is 7. The molecule has 2 aromatic carbocycles. The summed E-state index contributed by atoms with van der Waals surface area (Å²) < 4.78 is 42.8. The molecule has 1 N–H and O–H groups in total. The molecule has 4 nitrogen and oxygen atoms in total. The van der Waals surface area contributed by atoms with E-state index in [9.17, 15) is 22.8 Å². The van der Waals surface area contributed by atoms with Crippen molar-refractivity contribution < 1.29 is 27.5 Å². The lowest BCUT2D eigenvalue weighted by Gasteiger charge is -2.10. The summed E-state index contributed by atoms with van der Waals surface area (Å²) in [7, 11) is 0. The number of carbonyl (C=O) groups excluding carboxylic acids is 2. The molecule has 0 saturated carbocycles. The van der Waals surface area contributed by atoms with Crippen LogP contribution in [0.3, 0.4) is 0 Å². The van der Waals surface area contributed by atoms with E-state index in [0.717, 1.165) is 30.2 Å². The van der Waals surface area contributed by atoms with Crippen molar-refractivity contribution in [3.63, 3.8) is 0 Å². The van der Waals surface area contributed by atoms with Crippen LogP contribution in [0.4, 0.5) is 18.9 Å². The zero-order valence-electron chi connectivity index (χ0n) is 16.1. The molecule has 0 radical (unpaired) electrons. The Balaban J connectivity index is 1.84. The largest absolute Gasteiger partial charge is 0.452 e. The third kappa shape index (κ3) is 7.10. The van der Waals surface area contributed by atoms with Gasteiger partial charge in [0.1, 0.15) is 0 Å². The summed E-state index contributed by atoms with van der Waals surface area (Å²) in [6, 6.07) is 11.9. The van der Waals surface area contributed by atoms with Gasteiger partial charge < -0.3 is 10.1 Å². The molecule has 0 aliphatic rings. The molecular formula is C22H22F3NO3. The summed E-state index contributed by atoms with van der Waals surface area (Å²) >= 11 is 0. The minimum atomic E-state index is -4.46. The van der Waals surface area contributed by atoms with E-state index >= 15 is 0 Å². The van der Waals surface area contributed by atoms with Crippen molar-refractivity contribution >= 4 is 23.6 Å². The summed E-state index contributed by atoms with van der Waals surface area (Å²) in [5.74, 6) is -0.920. The molecule has 2 rings (SSSR count). The smallest absolute Gasteiger partial charge is 0.416 e. The number of hydrogen-bond donors (Lipinski definition) is 1. The molecule has 2 aromatic rings. The molecule has 1 atom stereocenters. The second kappa shape index (κ2) is 9.91. The minimum absolute atomic E-state index is 0.197. The van der Waals surface area contributed by atoms with Crippen molar-refractivity contribution in [1.29, 1.82) is 0 Å². The highest BCUT2D eigenvalue weighted by molar-refractivity contribution is 5.94. The Morgan fingerprint density at radius 3 is 2.45 bits per heavy atom. The van der Waals surface area contributed by atoms with Gasteiger partial charge >= 0.3 is 12.1 Å². The van der Waals surface area contributed by atoms with Gasteiger partial charge in [0.05, 0.1) is 5.56 Å². The fourth-order valence-electron chi connectivity index (χ4n) is 2.50. The van der Waals surface area contributed by atoms with Gasteiger partial charge in [0.2, 0.25) is 0 Å². The zero-order valence-corrected chi connectivity index (χ0v) is 16.1. The van der Waals surface area contributed by atoms with Crippen molar-refractivity contribution in [1.82, 2.24) is 0 Å². The maximum atomic E-state index is 12.7. The minimum Gasteiger partial charge on any atom is -0.452 e. The van der Waals surface area contributed by atoms with E-state index in [-0.39, 0.29) is 5.56 Å². The number of amides is 1. The maximum Gasteiger partial charge on any atom is 0.416 e. The highest BCUT2D eigenvalue weighted by atomic mass is 19.4. The number of halogens is 3. The number of benzene rings is 2. The van der Waals surface area contributed by atoms with E-state index in [1.807, 2.05) is 12.1 Å². The van der Waals surface area contributed by atoms with Gasteiger partial charge in [-0.1, -0.05) is 38.1 Å². The van der Waals surface area contributed by atoms with Gasteiger partial charge in [-0.15, -0.1) is 0 Å². The summed E-state index contributed by atoms with van der Waals surface area (Å²) in [5.41, 5.74) is 1.13. The van der Waals surface area contributed by atoms with E-state index in [4.69, 9.17) is 4.74 Å². The Bertz CT molecular complexity index is 874. The molecule has 0 heterocycles. The standard InChI is InChI=1S/C22H22F3NO3/c1-3-15(2)17-8-10-19(11-9-17)26-20(27)14-29-21(28)12-7-16-5-4-6-18(13-16)22(23,24)25/h4-13,15H,3,14H2,1-2H3,(H,26,27)/b12-7+/t15-/m0/s1. The van der Waals surface area contributed by atoms with E-state index in [0.29, 0.717) is 11.6 Å². The lowest BCUT2D eigenvalue weighted by atomic mass is 9.99. The Labute approximate surface area is 167 Å². The topological polar surface area (TPSA) is 55.4 Å². The first-order chi connectivity index (χ1) is 13.7. The van der Waals surface area contributed by atoms with Crippen molar-refractivity contribution in [2.75, 3.05) is 11.9 Å². The summed E-state index contributed by atoms with van der Waals surface area (Å²) in [5, 5.41) is 2.61. The van der Waals surface area contributed by atoms with Gasteiger partial charge in [-0.05, 0) is 53.8 Å². The number of anilines is 1. The molecule has 0 unspecified atom stereocenters. The Morgan fingerprint density at radius 1 is 1.14 bits per heavy atom. The normalized spacial score (nSPS) is 12.6. The third-order valence-electron chi connectivity index (χ3n) is 4.35. The first-order valence-corrected chi connectivity index (χ1v) is 9.11. The number of ether oxygens (including phenoxy) is 1. The molecule has 0 spiro atoms. The van der Waals surface area contributed by atoms with Gasteiger partial charge in [0.25, 0.3) is 5.91 Å². The molecule has 1 amide bonds. The molecule has 0 saturated heterocycles. The van der Waals surface area contributed by atoms with Gasteiger partial charge in [0, 0.05) is 11.8 Å². The molecule has 29 heavy (non-hydrogen) atoms. The van der Waals surface area contributed by atoms with Crippen LogP contribution in [0.1, 0.15) is 42.9 Å². The van der Waals surface area contributed by atoms with Crippen LogP contribution in [0.5, 0.6) is 0 Å². The van der Waals surface area contributed by atoms with Crippen molar-refractivity contribution in [3.05, 3.63) is 71.3 Å². The number of esters is 1.